The van der Waals surface area contributed by atoms with Crippen LogP contribution >= 0.6 is 0 Å². The number of hydrogen-bond donors (Lipinski definition) is 0. The van der Waals surface area contributed by atoms with Crippen LogP contribution < -0.4 is 0 Å². The second-order valence-corrected chi connectivity index (χ2v) is 5.62. The van der Waals surface area contributed by atoms with E-state index in [-0.39, 0.29) is 11.1 Å². The van der Waals surface area contributed by atoms with Gasteiger partial charge in [0, 0.05) is 11.1 Å². The van der Waals surface area contributed by atoms with Gasteiger partial charge in [0.2, 0.25) is 0 Å². The molecule has 3 heteroatoms. The molecule has 0 aliphatic rings. The highest BCUT2D eigenvalue weighted by molar-refractivity contribution is 5.71. The Morgan fingerprint density at radius 2 is 1.22 bits per heavy atom. The van der Waals surface area contributed by atoms with Gasteiger partial charge in [-0.05, 0) is 36.6 Å². The minimum absolute atomic E-state index is 0.0578. The van der Waals surface area contributed by atoms with Crippen molar-refractivity contribution < 1.29 is 13.2 Å². The molecule has 116 valence electrons. The van der Waals surface area contributed by atoms with E-state index in [1.807, 2.05) is 31.2 Å². The van der Waals surface area contributed by atoms with Crippen molar-refractivity contribution in [3.8, 4) is 22.3 Å². The summed E-state index contributed by atoms with van der Waals surface area (Å²) in [6.45, 7) is 3.45. The summed E-state index contributed by atoms with van der Waals surface area (Å²) < 4.78 is 42.2. The fraction of sp³-hybridized carbons (Fsp3) is 0.100. The number of hydrogen-bond acceptors (Lipinski definition) is 0. The molecule has 0 heterocycles. The molecular formula is C20H15F3. The lowest BCUT2D eigenvalue weighted by atomic mass is 9.98. The van der Waals surface area contributed by atoms with Gasteiger partial charge in [0.1, 0.15) is 5.82 Å². The van der Waals surface area contributed by atoms with Gasteiger partial charge in [-0.2, -0.15) is 0 Å². The summed E-state index contributed by atoms with van der Waals surface area (Å²) in [6, 6.07) is 14.8. The van der Waals surface area contributed by atoms with Gasteiger partial charge in [-0.25, -0.2) is 13.2 Å². The Morgan fingerprint density at radius 1 is 0.609 bits per heavy atom. The monoisotopic (exact) mass is 312 g/mol. The van der Waals surface area contributed by atoms with Crippen molar-refractivity contribution in [1.82, 2.24) is 0 Å². The van der Waals surface area contributed by atoms with Gasteiger partial charge in [0.05, 0.1) is 0 Å². The standard InChI is InChI=1S/C20H15F3/c1-12-3-6-14(7-4-12)16-10-8-15(11-18(16)21)17-9-5-13(2)19(22)20(17)23/h3-11H,1-2H3. The lowest BCUT2D eigenvalue weighted by Gasteiger charge is -2.09. The van der Waals surface area contributed by atoms with Crippen molar-refractivity contribution in [3.05, 3.63) is 83.2 Å². The van der Waals surface area contributed by atoms with Crippen molar-refractivity contribution in [2.75, 3.05) is 0 Å². The molecule has 3 aromatic carbocycles. The zero-order valence-corrected chi connectivity index (χ0v) is 12.8. The SMILES string of the molecule is Cc1ccc(-c2ccc(-c3ccc(C)c(F)c3F)cc2F)cc1. The zero-order chi connectivity index (χ0) is 16.6. The van der Waals surface area contributed by atoms with Crippen LogP contribution in [0.2, 0.25) is 0 Å². The first kappa shape index (κ1) is 15.3. The summed E-state index contributed by atoms with van der Waals surface area (Å²) in [5.74, 6) is -2.32. The van der Waals surface area contributed by atoms with Crippen LogP contribution in [0.15, 0.2) is 54.6 Å². The number of rotatable bonds is 2. The number of aryl methyl sites for hydroxylation is 2. The van der Waals surface area contributed by atoms with E-state index >= 15 is 0 Å². The summed E-state index contributed by atoms with van der Waals surface area (Å²) in [5, 5.41) is 0. The molecule has 0 unspecified atom stereocenters. The zero-order valence-electron chi connectivity index (χ0n) is 12.8. The average Bonchev–Trinajstić information content (AvgIpc) is 2.54. The molecule has 3 aromatic rings. The Bertz CT molecular complexity index is 865. The third-order valence-corrected chi connectivity index (χ3v) is 3.92. The molecule has 0 aliphatic heterocycles. The molecule has 0 aromatic heterocycles. The fourth-order valence-corrected chi connectivity index (χ4v) is 2.52. The van der Waals surface area contributed by atoms with Gasteiger partial charge in [-0.3, -0.25) is 0 Å². The quantitative estimate of drug-likeness (QED) is 0.540. The van der Waals surface area contributed by atoms with Crippen molar-refractivity contribution >= 4 is 0 Å². The van der Waals surface area contributed by atoms with Crippen molar-refractivity contribution in [1.29, 1.82) is 0 Å². The smallest absolute Gasteiger partial charge is 0.166 e. The second-order valence-electron chi connectivity index (χ2n) is 5.62. The molecule has 0 aliphatic carbocycles. The maximum absolute atomic E-state index is 14.4. The number of halogens is 3. The largest absolute Gasteiger partial charge is 0.206 e. The highest BCUT2D eigenvalue weighted by atomic mass is 19.2. The Hall–Kier alpha value is -2.55. The predicted molar refractivity (Wildman–Crippen MR) is 86.7 cm³/mol. The van der Waals surface area contributed by atoms with Crippen LogP contribution in [0.3, 0.4) is 0 Å². The molecule has 0 spiro atoms. The van der Waals surface area contributed by atoms with E-state index in [1.54, 1.807) is 12.1 Å². The Morgan fingerprint density at radius 3 is 1.87 bits per heavy atom. The molecule has 0 atom stereocenters. The van der Waals surface area contributed by atoms with Crippen molar-refractivity contribution in [2.24, 2.45) is 0 Å². The van der Waals surface area contributed by atoms with E-state index in [4.69, 9.17) is 0 Å². The fourth-order valence-electron chi connectivity index (χ4n) is 2.52. The van der Waals surface area contributed by atoms with Crippen LogP contribution in [0.5, 0.6) is 0 Å². The minimum Gasteiger partial charge on any atom is -0.206 e. The van der Waals surface area contributed by atoms with Gasteiger partial charge in [0.25, 0.3) is 0 Å². The maximum atomic E-state index is 14.4. The minimum atomic E-state index is -0.951. The molecule has 0 amide bonds. The van der Waals surface area contributed by atoms with Crippen LogP contribution in [-0.4, -0.2) is 0 Å². The molecule has 0 saturated heterocycles. The van der Waals surface area contributed by atoms with Crippen LogP contribution in [0.4, 0.5) is 13.2 Å². The molecule has 23 heavy (non-hydrogen) atoms. The third-order valence-electron chi connectivity index (χ3n) is 3.92. The maximum Gasteiger partial charge on any atom is 0.166 e. The van der Waals surface area contributed by atoms with Crippen LogP contribution in [-0.2, 0) is 0 Å². The first-order chi connectivity index (χ1) is 11.0. The van der Waals surface area contributed by atoms with E-state index in [9.17, 15) is 13.2 Å². The first-order valence-corrected chi connectivity index (χ1v) is 7.29. The lowest BCUT2D eigenvalue weighted by Crippen LogP contribution is -1.94. The molecule has 0 N–H and O–H groups in total. The van der Waals surface area contributed by atoms with Crippen LogP contribution in [0.1, 0.15) is 11.1 Å². The van der Waals surface area contributed by atoms with Gasteiger partial charge in [0.15, 0.2) is 11.6 Å². The third kappa shape index (κ3) is 2.87. The summed E-state index contributed by atoms with van der Waals surface area (Å²) in [5.41, 5.74) is 2.86. The first-order valence-electron chi connectivity index (χ1n) is 7.29. The molecule has 0 saturated carbocycles. The summed E-state index contributed by atoms with van der Waals surface area (Å²) in [4.78, 5) is 0. The van der Waals surface area contributed by atoms with Gasteiger partial charge >= 0.3 is 0 Å². The van der Waals surface area contributed by atoms with Gasteiger partial charge in [-0.1, -0.05) is 54.1 Å². The average molecular weight is 312 g/mol. The summed E-state index contributed by atoms with van der Waals surface area (Å²) in [6.07, 6.45) is 0. The normalized spacial score (nSPS) is 10.8. The molecule has 0 bridgehead atoms. The van der Waals surface area contributed by atoms with Gasteiger partial charge in [-0.15, -0.1) is 0 Å². The molecule has 3 rings (SSSR count). The van der Waals surface area contributed by atoms with Crippen LogP contribution in [0.25, 0.3) is 22.3 Å². The van der Waals surface area contributed by atoms with E-state index < -0.39 is 17.5 Å². The molecule has 0 fully saturated rings. The predicted octanol–water partition coefficient (Wildman–Crippen LogP) is 6.05. The van der Waals surface area contributed by atoms with Crippen molar-refractivity contribution in [2.45, 2.75) is 13.8 Å². The van der Waals surface area contributed by atoms with Crippen molar-refractivity contribution in [3.63, 3.8) is 0 Å². The van der Waals surface area contributed by atoms with E-state index in [2.05, 4.69) is 0 Å². The highest BCUT2D eigenvalue weighted by Gasteiger charge is 2.14. The second kappa shape index (κ2) is 5.92. The Labute approximate surface area is 133 Å². The number of benzene rings is 3. The summed E-state index contributed by atoms with van der Waals surface area (Å²) >= 11 is 0. The molecular weight excluding hydrogens is 297 g/mol. The topological polar surface area (TPSA) is 0 Å². The Kier molecular flexibility index (Phi) is 3.95. The van der Waals surface area contributed by atoms with E-state index in [0.717, 1.165) is 11.1 Å². The van der Waals surface area contributed by atoms with E-state index in [0.29, 0.717) is 11.1 Å². The Balaban J connectivity index is 2.06. The summed E-state index contributed by atoms with van der Waals surface area (Å²) in [7, 11) is 0. The highest BCUT2D eigenvalue weighted by Crippen LogP contribution is 2.30. The molecule has 0 radical (unpaired) electrons. The van der Waals surface area contributed by atoms with E-state index in [1.165, 1.54) is 25.1 Å². The van der Waals surface area contributed by atoms with Gasteiger partial charge < -0.3 is 0 Å². The van der Waals surface area contributed by atoms with Crippen LogP contribution in [0, 0.1) is 31.3 Å². The molecule has 0 nitrogen and oxygen atoms in total. The lowest BCUT2D eigenvalue weighted by molar-refractivity contribution is 0.505.